The maximum Gasteiger partial charge on any atom is 0.472 e. The van der Waals surface area contributed by atoms with Crippen LogP contribution in [0.25, 0.3) is 0 Å². The van der Waals surface area contributed by atoms with E-state index in [9.17, 15) is 9.46 Å². The van der Waals surface area contributed by atoms with Gasteiger partial charge in [-0.05, 0) is 44.7 Å². The monoisotopic (exact) mass is 307 g/mol. The molecule has 0 heterocycles. The summed E-state index contributed by atoms with van der Waals surface area (Å²) in [5, 5.41) is 0. The smallest absolute Gasteiger partial charge is 0.307 e. The molecule has 0 saturated heterocycles. The Morgan fingerprint density at radius 3 is 2.55 bits per heavy atom. The molecule has 4 unspecified atom stereocenters. The summed E-state index contributed by atoms with van der Waals surface area (Å²) in [4.78, 5) is 11.8. The zero-order valence-electron chi connectivity index (χ0n) is 13.4. The molecule has 1 N–H and O–H groups in total. The van der Waals surface area contributed by atoms with Crippen molar-refractivity contribution in [1.82, 2.24) is 4.90 Å². The molecule has 1 fully saturated rings. The van der Waals surface area contributed by atoms with Gasteiger partial charge in [0.1, 0.15) is 0 Å². The molecule has 0 aromatic heterocycles. The summed E-state index contributed by atoms with van der Waals surface area (Å²) in [7, 11) is -0.161. The van der Waals surface area contributed by atoms with Crippen LogP contribution in [0, 0.1) is 17.8 Å². The summed E-state index contributed by atoms with van der Waals surface area (Å²) in [5.41, 5.74) is 0. The van der Waals surface area contributed by atoms with Crippen LogP contribution in [-0.2, 0) is 13.6 Å². The fourth-order valence-corrected chi connectivity index (χ4v) is 3.73. The Morgan fingerprint density at radius 2 is 2.00 bits per heavy atom. The van der Waals surface area contributed by atoms with Crippen molar-refractivity contribution >= 4 is 7.82 Å². The molecule has 120 valence electrons. The molecule has 0 aromatic rings. The molecule has 0 aliphatic heterocycles. The Bertz CT molecular complexity index is 335. The van der Waals surface area contributed by atoms with Gasteiger partial charge in [0.05, 0.1) is 12.7 Å². The second kappa shape index (κ2) is 7.90. The minimum Gasteiger partial charge on any atom is -0.307 e. The van der Waals surface area contributed by atoms with Crippen molar-refractivity contribution in [1.29, 1.82) is 0 Å². The summed E-state index contributed by atoms with van der Waals surface area (Å²) < 4.78 is 22.6. The Hall–Kier alpha value is 0.0700. The van der Waals surface area contributed by atoms with Gasteiger partial charge in [-0.3, -0.25) is 9.05 Å². The molecule has 1 saturated carbocycles. The van der Waals surface area contributed by atoms with E-state index in [4.69, 9.17) is 9.05 Å². The van der Waals surface area contributed by atoms with Crippen molar-refractivity contribution in [3.8, 4) is 0 Å². The molecule has 0 bridgehead atoms. The minimum absolute atomic E-state index is 0.172. The highest BCUT2D eigenvalue weighted by Crippen LogP contribution is 2.49. The lowest BCUT2D eigenvalue weighted by atomic mass is 9.75. The second-order valence-electron chi connectivity index (χ2n) is 6.58. The molecule has 4 atom stereocenters. The summed E-state index contributed by atoms with van der Waals surface area (Å²) in [6.45, 7) is 7.26. The predicted molar refractivity (Wildman–Crippen MR) is 80.5 cm³/mol. The number of hydrogen-bond acceptors (Lipinski definition) is 4. The SMILES string of the molecule is CC1CCC(C(C)C)C(OP(=O)(O)OCCN(C)C)C1. The normalized spacial score (nSPS) is 30.7. The highest BCUT2D eigenvalue weighted by molar-refractivity contribution is 7.47. The quantitative estimate of drug-likeness (QED) is 0.732. The first kappa shape index (κ1) is 18.1. The number of nitrogens with zero attached hydrogens (tertiary/aromatic N) is 1. The van der Waals surface area contributed by atoms with E-state index < -0.39 is 7.82 Å². The zero-order valence-corrected chi connectivity index (χ0v) is 14.3. The molecule has 0 amide bonds. The van der Waals surface area contributed by atoms with Gasteiger partial charge in [0.15, 0.2) is 0 Å². The topological polar surface area (TPSA) is 59.0 Å². The Morgan fingerprint density at radius 1 is 1.35 bits per heavy atom. The van der Waals surface area contributed by atoms with E-state index in [-0.39, 0.29) is 12.7 Å². The molecule has 0 aromatic carbocycles. The van der Waals surface area contributed by atoms with E-state index in [1.807, 2.05) is 19.0 Å². The van der Waals surface area contributed by atoms with E-state index >= 15 is 0 Å². The van der Waals surface area contributed by atoms with E-state index in [2.05, 4.69) is 20.8 Å². The summed E-state index contributed by atoms with van der Waals surface area (Å²) >= 11 is 0. The van der Waals surface area contributed by atoms with Gasteiger partial charge in [0.25, 0.3) is 0 Å². The van der Waals surface area contributed by atoms with Crippen molar-refractivity contribution in [3.63, 3.8) is 0 Å². The zero-order chi connectivity index (χ0) is 15.3. The predicted octanol–water partition coefficient (Wildman–Crippen LogP) is 3.14. The molecule has 20 heavy (non-hydrogen) atoms. The highest BCUT2D eigenvalue weighted by atomic mass is 31.2. The first-order chi connectivity index (χ1) is 9.21. The maximum absolute atomic E-state index is 12.0. The Kier molecular flexibility index (Phi) is 7.16. The van der Waals surface area contributed by atoms with Crippen LogP contribution in [0.3, 0.4) is 0 Å². The van der Waals surface area contributed by atoms with Gasteiger partial charge in [-0.1, -0.05) is 27.2 Å². The molecule has 0 spiro atoms. The van der Waals surface area contributed by atoms with Gasteiger partial charge in [0.2, 0.25) is 0 Å². The number of likely N-dealkylation sites (N-methyl/N-ethyl adjacent to an activating group) is 1. The van der Waals surface area contributed by atoms with Gasteiger partial charge in [-0.2, -0.15) is 0 Å². The molecule has 5 nitrogen and oxygen atoms in total. The molecule has 6 heteroatoms. The van der Waals surface area contributed by atoms with Crippen LogP contribution < -0.4 is 0 Å². The lowest BCUT2D eigenvalue weighted by molar-refractivity contribution is 0.0134. The van der Waals surface area contributed by atoms with Crippen LogP contribution in [0.4, 0.5) is 0 Å². The van der Waals surface area contributed by atoms with Crippen LogP contribution in [0.5, 0.6) is 0 Å². The second-order valence-corrected chi connectivity index (χ2v) is 7.98. The third-order valence-corrected chi connectivity index (χ3v) is 5.07. The Labute approximate surface area is 123 Å². The van der Waals surface area contributed by atoms with Gasteiger partial charge < -0.3 is 9.79 Å². The van der Waals surface area contributed by atoms with Gasteiger partial charge in [-0.25, -0.2) is 4.57 Å². The molecule has 0 radical (unpaired) electrons. The minimum atomic E-state index is -3.95. The molecular weight excluding hydrogens is 277 g/mol. The summed E-state index contributed by atoms with van der Waals surface area (Å²) in [6, 6.07) is 0. The molecule has 1 aliphatic carbocycles. The van der Waals surface area contributed by atoms with Crippen LogP contribution >= 0.6 is 7.82 Å². The maximum atomic E-state index is 12.0. The van der Waals surface area contributed by atoms with Crippen LogP contribution in [0.15, 0.2) is 0 Å². The molecule has 1 aliphatic rings. The average Bonchev–Trinajstić information content (AvgIpc) is 2.26. The third kappa shape index (κ3) is 6.23. The summed E-state index contributed by atoms with van der Waals surface area (Å²) in [5.74, 6) is 1.33. The van der Waals surface area contributed by atoms with Crippen molar-refractivity contribution < 1.29 is 18.5 Å². The number of rotatable bonds is 7. The first-order valence-corrected chi connectivity index (χ1v) is 9.01. The van der Waals surface area contributed by atoms with Crippen LogP contribution in [0.2, 0.25) is 0 Å². The number of phosphoric ester groups is 1. The summed E-state index contributed by atoms with van der Waals surface area (Å²) in [6.07, 6.45) is 2.89. The molecular formula is C14H30NO4P. The van der Waals surface area contributed by atoms with Crippen molar-refractivity contribution in [2.75, 3.05) is 27.2 Å². The highest BCUT2D eigenvalue weighted by Gasteiger charge is 2.36. The largest absolute Gasteiger partial charge is 0.472 e. The standard InChI is InChI=1S/C14H30NO4P/c1-11(2)13-7-6-12(3)10-14(13)19-20(16,17)18-9-8-15(4)5/h11-14H,6-10H2,1-5H3,(H,16,17). The van der Waals surface area contributed by atoms with Gasteiger partial charge in [0, 0.05) is 6.54 Å². The van der Waals surface area contributed by atoms with Crippen LogP contribution in [0.1, 0.15) is 40.0 Å². The number of hydrogen-bond donors (Lipinski definition) is 1. The lowest BCUT2D eigenvalue weighted by Gasteiger charge is -2.37. The van der Waals surface area contributed by atoms with Gasteiger partial charge in [-0.15, -0.1) is 0 Å². The van der Waals surface area contributed by atoms with Gasteiger partial charge >= 0.3 is 7.82 Å². The lowest BCUT2D eigenvalue weighted by Crippen LogP contribution is -2.33. The fourth-order valence-electron chi connectivity index (χ4n) is 2.78. The fraction of sp³-hybridized carbons (Fsp3) is 1.00. The first-order valence-electron chi connectivity index (χ1n) is 7.51. The van der Waals surface area contributed by atoms with E-state index in [0.29, 0.717) is 24.3 Å². The van der Waals surface area contributed by atoms with Crippen molar-refractivity contribution in [2.45, 2.75) is 46.1 Å². The van der Waals surface area contributed by atoms with Crippen molar-refractivity contribution in [2.24, 2.45) is 17.8 Å². The third-order valence-electron chi connectivity index (χ3n) is 4.02. The van der Waals surface area contributed by atoms with E-state index in [0.717, 1.165) is 12.8 Å². The van der Waals surface area contributed by atoms with E-state index in [1.165, 1.54) is 6.42 Å². The van der Waals surface area contributed by atoms with Crippen molar-refractivity contribution in [3.05, 3.63) is 0 Å². The van der Waals surface area contributed by atoms with Crippen LogP contribution in [-0.4, -0.2) is 43.1 Å². The van der Waals surface area contributed by atoms with E-state index in [1.54, 1.807) is 0 Å². The Balaban J connectivity index is 2.55. The average molecular weight is 307 g/mol. The molecule has 1 rings (SSSR count). The number of phosphoric acid groups is 1.